The molecule has 0 saturated carbocycles. The zero-order valence-electron chi connectivity index (χ0n) is 6.99. The molecule has 0 spiro atoms. The topological polar surface area (TPSA) is 44.0 Å². The summed E-state index contributed by atoms with van der Waals surface area (Å²) < 4.78 is 0. The van der Waals surface area contributed by atoms with Crippen molar-refractivity contribution in [2.45, 2.75) is 0 Å². The molecule has 0 aliphatic heterocycles. The Kier molecular flexibility index (Phi) is 5.33. The second kappa shape index (κ2) is 6.14. The molecule has 2 heteroatoms. The van der Waals surface area contributed by atoms with Crippen LogP contribution in [0.25, 0.3) is 6.08 Å². The fourth-order valence-corrected chi connectivity index (χ4v) is 0.694. The standard InChI is InChI=1S/C9H7N.CH4O/c1-2-8-3-5-9(7-10)6-4-8;1-2/h2-6H,1H2;2H,1H3. The molecule has 1 aromatic rings. The molecule has 0 aliphatic rings. The van der Waals surface area contributed by atoms with E-state index in [2.05, 4.69) is 6.58 Å². The zero-order chi connectivity index (χ0) is 9.40. The first-order valence-corrected chi connectivity index (χ1v) is 3.44. The summed E-state index contributed by atoms with van der Waals surface area (Å²) in [6.07, 6.45) is 1.75. The van der Waals surface area contributed by atoms with Gasteiger partial charge in [0.05, 0.1) is 11.6 Å². The molecule has 0 saturated heterocycles. The van der Waals surface area contributed by atoms with Crippen molar-refractivity contribution in [2.24, 2.45) is 0 Å². The molecular weight excluding hydrogens is 150 g/mol. The molecule has 0 aromatic heterocycles. The Morgan fingerprint density at radius 3 is 2.17 bits per heavy atom. The maximum absolute atomic E-state index is 8.43. The summed E-state index contributed by atoms with van der Waals surface area (Å²) in [6.45, 7) is 3.60. The Bertz CT molecular complexity index is 269. The van der Waals surface area contributed by atoms with E-state index in [1.165, 1.54) is 0 Å². The maximum Gasteiger partial charge on any atom is 0.0991 e. The van der Waals surface area contributed by atoms with E-state index in [1.54, 1.807) is 18.2 Å². The number of hydrogen-bond donors (Lipinski definition) is 1. The second-order valence-electron chi connectivity index (χ2n) is 1.94. The molecule has 0 aliphatic carbocycles. The van der Waals surface area contributed by atoms with Crippen molar-refractivity contribution in [3.05, 3.63) is 42.0 Å². The van der Waals surface area contributed by atoms with Crippen LogP contribution in [-0.4, -0.2) is 12.2 Å². The van der Waals surface area contributed by atoms with Gasteiger partial charge in [-0.2, -0.15) is 5.26 Å². The van der Waals surface area contributed by atoms with E-state index in [4.69, 9.17) is 10.4 Å². The van der Waals surface area contributed by atoms with Gasteiger partial charge in [-0.15, -0.1) is 0 Å². The predicted molar refractivity (Wildman–Crippen MR) is 49.4 cm³/mol. The first-order chi connectivity index (χ1) is 5.86. The average molecular weight is 161 g/mol. The van der Waals surface area contributed by atoms with Crippen LogP contribution in [0.3, 0.4) is 0 Å². The number of aliphatic hydroxyl groups is 1. The normalized spacial score (nSPS) is 7.42. The zero-order valence-corrected chi connectivity index (χ0v) is 6.99. The summed E-state index contributed by atoms with van der Waals surface area (Å²) in [6, 6.07) is 9.33. The number of hydrogen-bond acceptors (Lipinski definition) is 2. The summed E-state index contributed by atoms with van der Waals surface area (Å²) in [5.74, 6) is 0. The van der Waals surface area contributed by atoms with Crippen LogP contribution < -0.4 is 0 Å². The van der Waals surface area contributed by atoms with Crippen LogP contribution in [-0.2, 0) is 0 Å². The molecule has 0 fully saturated rings. The Morgan fingerprint density at radius 1 is 1.33 bits per heavy atom. The van der Waals surface area contributed by atoms with E-state index < -0.39 is 0 Å². The van der Waals surface area contributed by atoms with Crippen LogP contribution >= 0.6 is 0 Å². The molecule has 12 heavy (non-hydrogen) atoms. The van der Waals surface area contributed by atoms with Gasteiger partial charge in [-0.1, -0.05) is 24.8 Å². The summed E-state index contributed by atoms with van der Waals surface area (Å²) in [4.78, 5) is 0. The van der Waals surface area contributed by atoms with E-state index in [0.717, 1.165) is 12.7 Å². The lowest BCUT2D eigenvalue weighted by Crippen LogP contribution is -1.73. The monoisotopic (exact) mass is 161 g/mol. The quantitative estimate of drug-likeness (QED) is 0.682. The number of nitriles is 1. The third-order valence-electron chi connectivity index (χ3n) is 1.28. The smallest absolute Gasteiger partial charge is 0.0991 e. The third kappa shape index (κ3) is 3.00. The van der Waals surface area contributed by atoms with Crippen LogP contribution in [0, 0.1) is 11.3 Å². The number of nitrogens with zero attached hydrogens (tertiary/aromatic N) is 1. The van der Waals surface area contributed by atoms with Crippen LogP contribution in [0.5, 0.6) is 0 Å². The predicted octanol–water partition coefficient (Wildman–Crippen LogP) is 1.81. The van der Waals surface area contributed by atoms with Crippen LogP contribution in [0.1, 0.15) is 11.1 Å². The molecule has 0 amide bonds. The van der Waals surface area contributed by atoms with Gasteiger partial charge in [-0.05, 0) is 17.7 Å². The van der Waals surface area contributed by atoms with Crippen molar-refractivity contribution in [2.75, 3.05) is 7.11 Å². The fourth-order valence-electron chi connectivity index (χ4n) is 0.694. The maximum atomic E-state index is 8.43. The van der Waals surface area contributed by atoms with Crippen molar-refractivity contribution in [1.82, 2.24) is 0 Å². The summed E-state index contributed by atoms with van der Waals surface area (Å²) in [5, 5.41) is 15.4. The molecule has 2 nitrogen and oxygen atoms in total. The van der Waals surface area contributed by atoms with Crippen molar-refractivity contribution >= 4 is 6.08 Å². The molecule has 1 N–H and O–H groups in total. The van der Waals surface area contributed by atoms with Crippen LogP contribution in [0.2, 0.25) is 0 Å². The summed E-state index contributed by atoms with van der Waals surface area (Å²) in [5.41, 5.74) is 1.73. The molecule has 0 unspecified atom stereocenters. The number of rotatable bonds is 1. The van der Waals surface area contributed by atoms with Crippen molar-refractivity contribution in [3.8, 4) is 6.07 Å². The summed E-state index contributed by atoms with van der Waals surface area (Å²) in [7, 11) is 1.00. The Balaban J connectivity index is 0.000000561. The summed E-state index contributed by atoms with van der Waals surface area (Å²) >= 11 is 0. The molecule has 0 bridgehead atoms. The minimum Gasteiger partial charge on any atom is -0.400 e. The van der Waals surface area contributed by atoms with Gasteiger partial charge in [0, 0.05) is 7.11 Å². The van der Waals surface area contributed by atoms with Gasteiger partial charge in [0.15, 0.2) is 0 Å². The first kappa shape index (κ1) is 10.4. The lowest BCUT2D eigenvalue weighted by molar-refractivity contribution is 0.399. The van der Waals surface area contributed by atoms with Crippen molar-refractivity contribution < 1.29 is 5.11 Å². The van der Waals surface area contributed by atoms with E-state index in [0.29, 0.717) is 5.56 Å². The lowest BCUT2D eigenvalue weighted by Gasteiger charge is -1.89. The number of aliphatic hydroxyl groups excluding tert-OH is 1. The van der Waals surface area contributed by atoms with Gasteiger partial charge in [-0.25, -0.2) is 0 Å². The van der Waals surface area contributed by atoms with Crippen molar-refractivity contribution in [3.63, 3.8) is 0 Å². The Morgan fingerprint density at radius 2 is 1.83 bits per heavy atom. The Hall–Kier alpha value is -1.59. The van der Waals surface area contributed by atoms with Gasteiger partial charge in [0.2, 0.25) is 0 Å². The minimum absolute atomic E-state index is 0.686. The largest absolute Gasteiger partial charge is 0.400 e. The third-order valence-corrected chi connectivity index (χ3v) is 1.28. The van der Waals surface area contributed by atoms with Crippen molar-refractivity contribution in [1.29, 1.82) is 5.26 Å². The highest BCUT2D eigenvalue weighted by atomic mass is 16.2. The fraction of sp³-hybridized carbons (Fsp3) is 0.100. The highest BCUT2D eigenvalue weighted by molar-refractivity contribution is 5.48. The van der Waals surface area contributed by atoms with E-state index in [9.17, 15) is 0 Å². The second-order valence-corrected chi connectivity index (χ2v) is 1.94. The average Bonchev–Trinajstić information content (AvgIpc) is 2.21. The highest BCUT2D eigenvalue weighted by Gasteiger charge is 1.86. The van der Waals surface area contributed by atoms with Gasteiger partial charge in [-0.3, -0.25) is 0 Å². The van der Waals surface area contributed by atoms with Gasteiger partial charge in [0.25, 0.3) is 0 Å². The molecule has 1 aromatic carbocycles. The highest BCUT2D eigenvalue weighted by Crippen LogP contribution is 2.03. The van der Waals surface area contributed by atoms with Gasteiger partial charge < -0.3 is 5.11 Å². The molecular formula is C10H11NO. The lowest BCUT2D eigenvalue weighted by atomic mass is 10.1. The SMILES string of the molecule is C=Cc1ccc(C#N)cc1.CO. The number of benzene rings is 1. The van der Waals surface area contributed by atoms with Gasteiger partial charge in [0.1, 0.15) is 0 Å². The molecule has 62 valence electrons. The van der Waals surface area contributed by atoms with E-state index in [-0.39, 0.29) is 0 Å². The molecule has 0 atom stereocenters. The van der Waals surface area contributed by atoms with E-state index in [1.807, 2.05) is 18.2 Å². The van der Waals surface area contributed by atoms with E-state index >= 15 is 0 Å². The molecule has 1 rings (SSSR count). The van der Waals surface area contributed by atoms with Crippen LogP contribution in [0.15, 0.2) is 30.8 Å². The van der Waals surface area contributed by atoms with Crippen LogP contribution in [0.4, 0.5) is 0 Å². The first-order valence-electron chi connectivity index (χ1n) is 3.44. The molecule has 0 heterocycles. The molecule has 0 radical (unpaired) electrons. The van der Waals surface area contributed by atoms with Gasteiger partial charge >= 0.3 is 0 Å². The minimum atomic E-state index is 0.686. The Labute approximate surface area is 72.4 Å².